The second kappa shape index (κ2) is 9.97. The Kier molecular flexibility index (Phi) is 7.10. The topological polar surface area (TPSA) is 66.7 Å². The van der Waals surface area contributed by atoms with Crippen molar-refractivity contribution in [2.75, 3.05) is 40.3 Å². The maximum absolute atomic E-state index is 5.62. The number of nitrogens with one attached hydrogen (secondary N) is 2. The van der Waals surface area contributed by atoms with E-state index in [-0.39, 0.29) is 6.04 Å². The van der Waals surface area contributed by atoms with Crippen LogP contribution < -0.4 is 15.4 Å². The number of likely N-dealkylation sites (tertiary alicyclic amines) is 1. The summed E-state index contributed by atoms with van der Waals surface area (Å²) < 4.78 is 7.52. The van der Waals surface area contributed by atoms with Crippen LogP contribution in [0.1, 0.15) is 24.4 Å². The zero-order valence-corrected chi connectivity index (χ0v) is 16.3. The molecule has 2 aromatic rings. The predicted octanol–water partition coefficient (Wildman–Crippen LogP) is 1.89. The highest BCUT2D eigenvalue weighted by Gasteiger charge is 2.25. The molecule has 0 aliphatic carbocycles. The first-order valence-corrected chi connectivity index (χ1v) is 9.60. The lowest BCUT2D eigenvalue weighted by Crippen LogP contribution is -2.43. The first kappa shape index (κ1) is 19.2. The molecule has 1 aromatic heterocycles. The summed E-state index contributed by atoms with van der Waals surface area (Å²) in [6.45, 7) is 4.59. The molecule has 0 radical (unpaired) electrons. The Labute approximate surface area is 161 Å². The molecule has 1 saturated heterocycles. The highest BCUT2D eigenvalue weighted by Crippen LogP contribution is 2.31. The summed E-state index contributed by atoms with van der Waals surface area (Å²) >= 11 is 0. The van der Waals surface area contributed by atoms with E-state index in [0.29, 0.717) is 0 Å². The van der Waals surface area contributed by atoms with E-state index in [1.165, 1.54) is 18.4 Å². The van der Waals surface area contributed by atoms with Gasteiger partial charge in [0.2, 0.25) is 0 Å². The van der Waals surface area contributed by atoms with Crippen LogP contribution in [0.3, 0.4) is 0 Å². The largest absolute Gasteiger partial charge is 0.496 e. The smallest absolute Gasteiger partial charge is 0.191 e. The van der Waals surface area contributed by atoms with E-state index in [9.17, 15) is 0 Å². The van der Waals surface area contributed by atoms with E-state index in [1.807, 2.05) is 29.1 Å². The summed E-state index contributed by atoms with van der Waals surface area (Å²) in [5.41, 5.74) is 1.22. The normalized spacial score (nSPS) is 16.3. The van der Waals surface area contributed by atoms with Crippen molar-refractivity contribution < 1.29 is 4.74 Å². The second-order valence-electron chi connectivity index (χ2n) is 6.65. The van der Waals surface area contributed by atoms with Crippen molar-refractivity contribution in [1.29, 1.82) is 0 Å². The molecule has 1 aliphatic rings. The van der Waals surface area contributed by atoms with Crippen molar-refractivity contribution in [1.82, 2.24) is 25.3 Å². The Morgan fingerprint density at radius 2 is 2.04 bits per heavy atom. The van der Waals surface area contributed by atoms with E-state index >= 15 is 0 Å². The van der Waals surface area contributed by atoms with Gasteiger partial charge in [0.15, 0.2) is 5.96 Å². The van der Waals surface area contributed by atoms with E-state index < -0.39 is 0 Å². The van der Waals surface area contributed by atoms with Gasteiger partial charge in [-0.3, -0.25) is 14.6 Å². The van der Waals surface area contributed by atoms with E-state index in [0.717, 1.165) is 44.4 Å². The molecule has 2 N–H and O–H groups in total. The number of benzene rings is 1. The van der Waals surface area contributed by atoms with Crippen LogP contribution in [0.5, 0.6) is 5.75 Å². The number of guanidine groups is 1. The monoisotopic (exact) mass is 370 g/mol. The van der Waals surface area contributed by atoms with Crippen molar-refractivity contribution in [2.45, 2.75) is 25.4 Å². The summed E-state index contributed by atoms with van der Waals surface area (Å²) in [5, 5.41) is 11.1. The van der Waals surface area contributed by atoms with Gasteiger partial charge < -0.3 is 15.4 Å². The summed E-state index contributed by atoms with van der Waals surface area (Å²) in [4.78, 5) is 6.89. The molecule has 1 atom stereocenters. The van der Waals surface area contributed by atoms with Gasteiger partial charge in [0.05, 0.1) is 19.7 Å². The predicted molar refractivity (Wildman–Crippen MR) is 108 cm³/mol. The van der Waals surface area contributed by atoms with Gasteiger partial charge in [0.1, 0.15) is 5.75 Å². The fourth-order valence-electron chi connectivity index (χ4n) is 3.57. The molecule has 146 valence electrons. The Balaban J connectivity index is 1.61. The molecule has 2 heterocycles. The molecule has 0 saturated carbocycles. The number of rotatable bonds is 8. The highest BCUT2D eigenvalue weighted by molar-refractivity contribution is 5.79. The number of para-hydroxylation sites is 1. The van der Waals surface area contributed by atoms with E-state index in [2.05, 4.69) is 37.8 Å². The molecule has 0 amide bonds. The molecule has 7 heteroatoms. The summed E-state index contributed by atoms with van der Waals surface area (Å²) in [5.74, 6) is 1.75. The van der Waals surface area contributed by atoms with Crippen molar-refractivity contribution in [3.8, 4) is 5.75 Å². The van der Waals surface area contributed by atoms with Gasteiger partial charge in [-0.1, -0.05) is 18.2 Å². The third-order valence-corrected chi connectivity index (χ3v) is 4.96. The SMILES string of the molecule is CN=C(NCCn1cccn1)NCC(c1ccccc1OC)N1CCCC1. The number of aliphatic imine (C=N–C) groups is 1. The Morgan fingerprint density at radius 1 is 1.22 bits per heavy atom. The molecule has 7 nitrogen and oxygen atoms in total. The average Bonchev–Trinajstić information content (AvgIpc) is 3.41. The molecule has 0 spiro atoms. The minimum absolute atomic E-state index is 0.258. The summed E-state index contributed by atoms with van der Waals surface area (Å²) in [6.07, 6.45) is 6.26. The number of ether oxygens (including phenoxy) is 1. The molecule has 1 fully saturated rings. The van der Waals surface area contributed by atoms with Gasteiger partial charge in [-0.2, -0.15) is 5.10 Å². The quantitative estimate of drug-likeness (QED) is 0.549. The molecule has 1 aliphatic heterocycles. The third-order valence-electron chi connectivity index (χ3n) is 4.96. The molecule has 3 rings (SSSR count). The molecule has 1 aromatic carbocycles. The summed E-state index contributed by atoms with van der Waals surface area (Å²) in [7, 11) is 3.54. The van der Waals surface area contributed by atoms with Crippen LogP contribution in [-0.4, -0.2) is 61.0 Å². The van der Waals surface area contributed by atoms with Crippen LogP contribution in [-0.2, 0) is 6.54 Å². The zero-order chi connectivity index (χ0) is 18.9. The van der Waals surface area contributed by atoms with Crippen LogP contribution >= 0.6 is 0 Å². The van der Waals surface area contributed by atoms with Crippen molar-refractivity contribution in [3.63, 3.8) is 0 Å². The fourth-order valence-corrected chi connectivity index (χ4v) is 3.57. The minimum atomic E-state index is 0.258. The highest BCUT2D eigenvalue weighted by atomic mass is 16.5. The van der Waals surface area contributed by atoms with Crippen LogP contribution in [0.2, 0.25) is 0 Å². The van der Waals surface area contributed by atoms with Gasteiger partial charge in [0, 0.05) is 38.1 Å². The number of aromatic nitrogens is 2. The Bertz CT molecular complexity index is 709. The standard InChI is InChI=1S/C20H30N6O/c1-21-20(22-11-15-26-14-7-10-24-26)23-16-18(25-12-5-6-13-25)17-8-3-4-9-19(17)27-2/h3-4,7-10,14,18H,5-6,11-13,15-16H2,1-2H3,(H2,21,22,23). The number of nitrogens with zero attached hydrogens (tertiary/aromatic N) is 4. The molecule has 27 heavy (non-hydrogen) atoms. The van der Waals surface area contributed by atoms with E-state index in [1.54, 1.807) is 20.4 Å². The van der Waals surface area contributed by atoms with Crippen LogP contribution in [0.4, 0.5) is 0 Å². The van der Waals surface area contributed by atoms with Gasteiger partial charge in [-0.05, 0) is 38.1 Å². The van der Waals surface area contributed by atoms with Crippen molar-refractivity contribution in [2.24, 2.45) is 4.99 Å². The van der Waals surface area contributed by atoms with Crippen molar-refractivity contribution in [3.05, 3.63) is 48.3 Å². The summed E-state index contributed by atoms with van der Waals surface area (Å²) in [6, 6.07) is 10.5. The maximum atomic E-state index is 5.62. The Hall–Kier alpha value is -2.54. The van der Waals surface area contributed by atoms with Crippen LogP contribution in [0.25, 0.3) is 0 Å². The molecular weight excluding hydrogens is 340 g/mol. The lowest BCUT2D eigenvalue weighted by Gasteiger charge is -2.30. The second-order valence-corrected chi connectivity index (χ2v) is 6.65. The number of hydrogen-bond donors (Lipinski definition) is 2. The van der Waals surface area contributed by atoms with Gasteiger partial charge in [0.25, 0.3) is 0 Å². The van der Waals surface area contributed by atoms with Gasteiger partial charge >= 0.3 is 0 Å². The lowest BCUT2D eigenvalue weighted by molar-refractivity contribution is 0.239. The first-order valence-electron chi connectivity index (χ1n) is 9.60. The number of hydrogen-bond acceptors (Lipinski definition) is 4. The minimum Gasteiger partial charge on any atom is -0.496 e. The van der Waals surface area contributed by atoms with Gasteiger partial charge in [-0.15, -0.1) is 0 Å². The molecular formula is C20H30N6O. The molecule has 0 bridgehead atoms. The average molecular weight is 371 g/mol. The van der Waals surface area contributed by atoms with Crippen LogP contribution in [0, 0.1) is 0 Å². The Morgan fingerprint density at radius 3 is 2.74 bits per heavy atom. The third kappa shape index (κ3) is 5.23. The maximum Gasteiger partial charge on any atom is 0.191 e. The van der Waals surface area contributed by atoms with Crippen LogP contribution in [0.15, 0.2) is 47.7 Å². The van der Waals surface area contributed by atoms with Crippen molar-refractivity contribution >= 4 is 5.96 Å². The van der Waals surface area contributed by atoms with Gasteiger partial charge in [-0.25, -0.2) is 0 Å². The fraction of sp³-hybridized carbons (Fsp3) is 0.500. The zero-order valence-electron chi connectivity index (χ0n) is 16.3. The molecule has 1 unspecified atom stereocenters. The lowest BCUT2D eigenvalue weighted by atomic mass is 10.0. The van der Waals surface area contributed by atoms with E-state index in [4.69, 9.17) is 4.74 Å². The number of methoxy groups -OCH3 is 1. The first-order chi connectivity index (χ1) is 13.3.